The molecule has 1 N–H and O–H groups in total. The number of sulfonamides is 1. The van der Waals surface area contributed by atoms with E-state index in [1.54, 1.807) is 0 Å². The molecule has 10 nitrogen and oxygen atoms in total. The fraction of sp³-hybridized carbons (Fsp3) is 0.217. The van der Waals surface area contributed by atoms with Crippen LogP contribution in [0.5, 0.6) is 5.75 Å². The van der Waals surface area contributed by atoms with E-state index >= 15 is 0 Å². The Morgan fingerprint density at radius 1 is 1.12 bits per heavy atom. The van der Waals surface area contributed by atoms with E-state index in [-0.39, 0.29) is 35.2 Å². The summed E-state index contributed by atoms with van der Waals surface area (Å²) in [5, 5.41) is 2.55. The monoisotopic (exact) mass is 485 g/mol. The Balaban J connectivity index is 1.89. The number of imide groups is 1. The highest BCUT2D eigenvalue weighted by atomic mass is 32.2. The van der Waals surface area contributed by atoms with Crippen LogP contribution in [0.3, 0.4) is 0 Å². The molecule has 1 atom stereocenters. The molecular weight excluding hydrogens is 462 g/mol. The fourth-order valence-corrected chi connectivity index (χ4v) is 5.06. The van der Waals surface area contributed by atoms with Crippen molar-refractivity contribution < 1.29 is 32.3 Å². The first-order valence-electron chi connectivity index (χ1n) is 10.2. The summed E-state index contributed by atoms with van der Waals surface area (Å²) in [6, 6.07) is 9.94. The van der Waals surface area contributed by atoms with Gasteiger partial charge in [0.15, 0.2) is 0 Å². The number of hydrogen-bond donors (Lipinski definition) is 1. The van der Waals surface area contributed by atoms with Crippen LogP contribution < -0.4 is 15.0 Å². The molecule has 1 heterocycles. The van der Waals surface area contributed by atoms with Gasteiger partial charge in [0.05, 0.1) is 17.0 Å². The minimum absolute atomic E-state index is 0.104. The minimum atomic E-state index is -4.18. The van der Waals surface area contributed by atoms with Gasteiger partial charge in [-0.25, -0.2) is 13.3 Å². The SMILES string of the molecule is C=CCN(C1CC(=O)N(c2ccc(OC(C)=O)cc2)C1=O)S(=O)(=O)c1ccc(NC(C)=O)cc1. The largest absolute Gasteiger partial charge is 0.427 e. The maximum Gasteiger partial charge on any atom is 0.308 e. The van der Waals surface area contributed by atoms with Gasteiger partial charge in [0, 0.05) is 26.1 Å². The maximum atomic E-state index is 13.3. The molecule has 2 aromatic carbocycles. The average Bonchev–Trinajstić information content (AvgIpc) is 3.05. The molecule has 2 aromatic rings. The lowest BCUT2D eigenvalue weighted by Crippen LogP contribution is -2.45. The minimum Gasteiger partial charge on any atom is -0.427 e. The van der Waals surface area contributed by atoms with Gasteiger partial charge in [-0.05, 0) is 48.5 Å². The third-order valence-corrected chi connectivity index (χ3v) is 6.81. The number of nitrogens with one attached hydrogen (secondary N) is 1. The molecule has 1 unspecified atom stereocenters. The molecule has 0 aliphatic carbocycles. The van der Waals surface area contributed by atoms with Crippen LogP contribution in [0.15, 0.2) is 66.1 Å². The summed E-state index contributed by atoms with van der Waals surface area (Å²) >= 11 is 0. The van der Waals surface area contributed by atoms with Gasteiger partial charge in [-0.1, -0.05) is 6.08 Å². The zero-order chi connectivity index (χ0) is 25.0. The van der Waals surface area contributed by atoms with Crippen molar-refractivity contribution in [3.8, 4) is 5.75 Å². The van der Waals surface area contributed by atoms with E-state index in [2.05, 4.69) is 11.9 Å². The number of carbonyl (C=O) groups excluding carboxylic acids is 4. The molecule has 0 spiro atoms. The highest BCUT2D eigenvalue weighted by Crippen LogP contribution is 2.30. The zero-order valence-corrected chi connectivity index (χ0v) is 19.4. The number of anilines is 2. The lowest BCUT2D eigenvalue weighted by atomic mass is 10.2. The van der Waals surface area contributed by atoms with Crippen molar-refractivity contribution in [1.29, 1.82) is 0 Å². The Bertz CT molecular complexity index is 1240. The quantitative estimate of drug-likeness (QED) is 0.262. The number of benzene rings is 2. The number of hydrogen-bond acceptors (Lipinski definition) is 7. The predicted molar refractivity (Wildman–Crippen MR) is 123 cm³/mol. The van der Waals surface area contributed by atoms with Crippen LogP contribution in [0.2, 0.25) is 0 Å². The summed E-state index contributed by atoms with van der Waals surface area (Å²) in [5.74, 6) is -1.85. The predicted octanol–water partition coefficient (Wildman–Crippen LogP) is 2.08. The lowest BCUT2D eigenvalue weighted by molar-refractivity contribution is -0.132. The molecule has 1 aliphatic rings. The van der Waals surface area contributed by atoms with E-state index in [0.29, 0.717) is 5.69 Å². The Hall–Kier alpha value is -3.83. The smallest absolute Gasteiger partial charge is 0.308 e. The molecule has 0 saturated carbocycles. The summed E-state index contributed by atoms with van der Waals surface area (Å²) in [7, 11) is -4.18. The first-order valence-corrected chi connectivity index (χ1v) is 11.6. The van der Waals surface area contributed by atoms with Gasteiger partial charge in [-0.3, -0.25) is 19.2 Å². The highest BCUT2D eigenvalue weighted by molar-refractivity contribution is 7.89. The summed E-state index contributed by atoms with van der Waals surface area (Å²) in [6.45, 7) is 5.95. The van der Waals surface area contributed by atoms with Crippen molar-refractivity contribution in [1.82, 2.24) is 4.31 Å². The Morgan fingerprint density at radius 2 is 1.74 bits per heavy atom. The van der Waals surface area contributed by atoms with E-state index in [9.17, 15) is 27.6 Å². The van der Waals surface area contributed by atoms with Gasteiger partial charge < -0.3 is 10.1 Å². The van der Waals surface area contributed by atoms with Crippen LogP contribution in [0, 0.1) is 0 Å². The van der Waals surface area contributed by atoms with Crippen LogP contribution in [0.4, 0.5) is 11.4 Å². The summed E-state index contributed by atoms with van der Waals surface area (Å²) in [5.41, 5.74) is 0.640. The van der Waals surface area contributed by atoms with Gasteiger partial charge in [0.1, 0.15) is 11.8 Å². The topological polar surface area (TPSA) is 130 Å². The Morgan fingerprint density at radius 3 is 2.26 bits per heavy atom. The lowest BCUT2D eigenvalue weighted by Gasteiger charge is -2.25. The molecule has 1 saturated heterocycles. The molecule has 0 radical (unpaired) electrons. The molecule has 1 aliphatic heterocycles. The van der Waals surface area contributed by atoms with Crippen LogP contribution in [-0.4, -0.2) is 49.0 Å². The van der Waals surface area contributed by atoms with Gasteiger partial charge in [0.2, 0.25) is 21.8 Å². The number of carbonyl (C=O) groups is 4. The summed E-state index contributed by atoms with van der Waals surface area (Å²) in [6.07, 6.45) is 0.985. The molecule has 0 aromatic heterocycles. The molecule has 0 bridgehead atoms. The van der Waals surface area contributed by atoms with E-state index in [4.69, 9.17) is 4.74 Å². The van der Waals surface area contributed by atoms with Crippen LogP contribution in [-0.2, 0) is 29.2 Å². The van der Waals surface area contributed by atoms with Crippen molar-refractivity contribution >= 4 is 45.1 Å². The Kier molecular flexibility index (Phi) is 7.28. The maximum absolute atomic E-state index is 13.3. The molecule has 3 amide bonds. The van der Waals surface area contributed by atoms with Gasteiger partial charge in [-0.15, -0.1) is 6.58 Å². The van der Waals surface area contributed by atoms with E-state index in [0.717, 1.165) is 9.21 Å². The third-order valence-electron chi connectivity index (χ3n) is 4.92. The molecule has 1 fully saturated rings. The van der Waals surface area contributed by atoms with Crippen molar-refractivity contribution in [3.05, 3.63) is 61.2 Å². The van der Waals surface area contributed by atoms with Crippen molar-refractivity contribution in [2.45, 2.75) is 31.2 Å². The second-order valence-corrected chi connectivity index (χ2v) is 9.33. The number of amides is 3. The molecule has 34 heavy (non-hydrogen) atoms. The number of rotatable bonds is 8. The van der Waals surface area contributed by atoms with Crippen molar-refractivity contribution in [3.63, 3.8) is 0 Å². The highest BCUT2D eigenvalue weighted by Gasteiger charge is 2.46. The van der Waals surface area contributed by atoms with Crippen LogP contribution in [0.25, 0.3) is 0 Å². The first kappa shape index (κ1) is 24.8. The van der Waals surface area contributed by atoms with Crippen LogP contribution >= 0.6 is 0 Å². The molecule has 3 rings (SSSR count). The first-order chi connectivity index (χ1) is 16.0. The number of ether oxygens (including phenoxy) is 1. The summed E-state index contributed by atoms with van der Waals surface area (Å²) < 4.78 is 32.6. The Labute approximate surface area is 196 Å². The second-order valence-electron chi connectivity index (χ2n) is 7.44. The van der Waals surface area contributed by atoms with E-state index < -0.39 is 33.8 Å². The van der Waals surface area contributed by atoms with Gasteiger partial charge >= 0.3 is 5.97 Å². The van der Waals surface area contributed by atoms with E-state index in [1.807, 2.05) is 0 Å². The van der Waals surface area contributed by atoms with Crippen LogP contribution in [0.1, 0.15) is 20.3 Å². The standard InChI is InChI=1S/C23H23N3O7S/c1-4-13-25(34(31,32)20-11-5-17(6-12-20)24-15(2)27)21-14-22(29)26(23(21)30)18-7-9-19(10-8-18)33-16(3)28/h4-12,21H,1,13-14H2,2-3H3,(H,24,27). The van der Waals surface area contributed by atoms with Gasteiger partial charge in [-0.2, -0.15) is 4.31 Å². The van der Waals surface area contributed by atoms with E-state index in [1.165, 1.54) is 68.5 Å². The number of esters is 1. The van der Waals surface area contributed by atoms with Gasteiger partial charge in [0.25, 0.3) is 5.91 Å². The summed E-state index contributed by atoms with van der Waals surface area (Å²) in [4.78, 5) is 49.0. The molecule has 178 valence electrons. The number of nitrogens with zero attached hydrogens (tertiary/aromatic N) is 2. The van der Waals surface area contributed by atoms with Crippen molar-refractivity contribution in [2.75, 3.05) is 16.8 Å². The third kappa shape index (κ3) is 5.21. The molecule has 11 heteroatoms. The second kappa shape index (κ2) is 9.98. The fourth-order valence-electron chi connectivity index (χ4n) is 3.51. The molecular formula is C23H23N3O7S. The normalized spacial score (nSPS) is 16.0. The zero-order valence-electron chi connectivity index (χ0n) is 18.6. The van der Waals surface area contributed by atoms with Crippen molar-refractivity contribution in [2.24, 2.45) is 0 Å². The average molecular weight is 486 g/mol.